The number of halogens is 2. The first-order valence-electron chi connectivity index (χ1n) is 4.71. The molecule has 0 N–H and O–H groups in total. The zero-order valence-electron chi connectivity index (χ0n) is 8.31. The number of aromatic nitrogens is 1. The lowest BCUT2D eigenvalue weighted by molar-refractivity contribution is -0.0500. The summed E-state index contributed by atoms with van der Waals surface area (Å²) in [5.74, 6) is 0.0661. The van der Waals surface area contributed by atoms with Crippen molar-refractivity contribution in [2.75, 3.05) is 0 Å². The first-order chi connectivity index (χ1) is 7.75. The highest BCUT2D eigenvalue weighted by Crippen LogP contribution is 2.22. The molecule has 0 fully saturated rings. The molecule has 0 saturated carbocycles. The molecule has 2 rings (SSSR count). The molecule has 1 aromatic carbocycles. The highest BCUT2D eigenvalue weighted by Gasteiger charge is 2.05. The van der Waals surface area contributed by atoms with Crippen molar-refractivity contribution < 1.29 is 13.5 Å². The van der Waals surface area contributed by atoms with Crippen LogP contribution in [0.5, 0.6) is 5.75 Å². The number of benzene rings is 1. The number of hydrogen-bond donors (Lipinski definition) is 0. The van der Waals surface area contributed by atoms with Crippen LogP contribution < -0.4 is 4.74 Å². The Hall–Kier alpha value is -1.97. The lowest BCUT2D eigenvalue weighted by Crippen LogP contribution is -2.02. The van der Waals surface area contributed by atoms with E-state index in [9.17, 15) is 8.78 Å². The summed E-state index contributed by atoms with van der Waals surface area (Å²) in [7, 11) is 0. The van der Waals surface area contributed by atoms with Gasteiger partial charge >= 0.3 is 6.61 Å². The lowest BCUT2D eigenvalue weighted by atomic mass is 10.1. The second kappa shape index (κ2) is 4.70. The van der Waals surface area contributed by atoms with Gasteiger partial charge in [0, 0.05) is 11.8 Å². The molecule has 2 aromatic rings. The van der Waals surface area contributed by atoms with Gasteiger partial charge in [-0.25, -0.2) is 0 Å². The average Bonchev–Trinajstić information content (AvgIpc) is 2.30. The molecule has 0 bridgehead atoms. The summed E-state index contributed by atoms with van der Waals surface area (Å²) in [5, 5.41) is 0. The van der Waals surface area contributed by atoms with E-state index < -0.39 is 6.61 Å². The molecule has 2 nitrogen and oxygen atoms in total. The van der Waals surface area contributed by atoms with Gasteiger partial charge < -0.3 is 4.74 Å². The predicted molar refractivity (Wildman–Crippen MR) is 56.3 cm³/mol. The third-order valence-electron chi connectivity index (χ3n) is 2.05. The number of rotatable bonds is 3. The van der Waals surface area contributed by atoms with Gasteiger partial charge in [-0.05, 0) is 11.6 Å². The van der Waals surface area contributed by atoms with Crippen LogP contribution in [0, 0.1) is 0 Å². The smallest absolute Gasteiger partial charge is 0.387 e. The van der Waals surface area contributed by atoms with Gasteiger partial charge in [-0.15, -0.1) is 0 Å². The van der Waals surface area contributed by atoms with E-state index in [1.54, 1.807) is 6.20 Å². The fraction of sp³-hybridized carbons (Fsp3) is 0.0833. The van der Waals surface area contributed by atoms with Crippen LogP contribution in [0.4, 0.5) is 8.78 Å². The number of pyridine rings is 1. The normalized spacial score (nSPS) is 10.4. The van der Waals surface area contributed by atoms with Crippen molar-refractivity contribution in [1.82, 2.24) is 4.98 Å². The van der Waals surface area contributed by atoms with Crippen LogP contribution in [0.2, 0.25) is 0 Å². The van der Waals surface area contributed by atoms with Crippen LogP contribution >= 0.6 is 0 Å². The minimum absolute atomic E-state index is 0.0661. The number of ether oxygens (including phenoxy) is 1. The number of alkyl halides is 2. The first kappa shape index (κ1) is 10.5. The van der Waals surface area contributed by atoms with Gasteiger partial charge in [-0.2, -0.15) is 8.78 Å². The second-order valence-corrected chi connectivity index (χ2v) is 3.15. The van der Waals surface area contributed by atoms with Crippen molar-refractivity contribution in [3.8, 4) is 16.9 Å². The molecule has 0 spiro atoms. The Balaban J connectivity index is 2.29. The molecule has 0 aliphatic carbocycles. The highest BCUT2D eigenvalue weighted by atomic mass is 19.3. The van der Waals surface area contributed by atoms with E-state index in [2.05, 4.69) is 9.72 Å². The van der Waals surface area contributed by atoms with Crippen molar-refractivity contribution in [1.29, 1.82) is 0 Å². The third kappa shape index (κ3) is 2.53. The minimum Gasteiger partial charge on any atom is -0.433 e. The second-order valence-electron chi connectivity index (χ2n) is 3.15. The number of nitrogens with zero attached hydrogens (tertiary/aromatic N) is 1. The average molecular weight is 221 g/mol. The van der Waals surface area contributed by atoms with Crippen LogP contribution in [0.15, 0.2) is 48.8 Å². The van der Waals surface area contributed by atoms with Crippen molar-refractivity contribution in [3.05, 3.63) is 48.8 Å². The summed E-state index contributed by atoms with van der Waals surface area (Å²) in [6.45, 7) is -2.83. The zero-order valence-corrected chi connectivity index (χ0v) is 8.31. The summed E-state index contributed by atoms with van der Waals surface area (Å²) < 4.78 is 28.3. The Bertz CT molecular complexity index is 460. The van der Waals surface area contributed by atoms with Gasteiger partial charge in [-0.1, -0.05) is 30.3 Å². The molecule has 0 radical (unpaired) electrons. The molecule has 0 aliphatic heterocycles. The maximum atomic E-state index is 12.0. The van der Waals surface area contributed by atoms with E-state index >= 15 is 0 Å². The van der Waals surface area contributed by atoms with E-state index in [0.717, 1.165) is 11.1 Å². The van der Waals surface area contributed by atoms with Crippen LogP contribution in [-0.2, 0) is 0 Å². The monoisotopic (exact) mass is 221 g/mol. The summed E-state index contributed by atoms with van der Waals surface area (Å²) >= 11 is 0. The van der Waals surface area contributed by atoms with Gasteiger partial charge in [0.15, 0.2) is 0 Å². The molecule has 82 valence electrons. The standard InChI is InChI=1S/C12H9F2NO/c13-12(14)16-11-6-10(7-15-8-11)9-4-2-1-3-5-9/h1-8,12H. The van der Waals surface area contributed by atoms with Gasteiger partial charge in [0.1, 0.15) is 5.75 Å². The molecule has 4 heteroatoms. The lowest BCUT2D eigenvalue weighted by Gasteiger charge is -2.06. The molecule has 1 heterocycles. The van der Waals surface area contributed by atoms with Crippen molar-refractivity contribution in [3.63, 3.8) is 0 Å². The van der Waals surface area contributed by atoms with Gasteiger partial charge in [0.05, 0.1) is 6.20 Å². The van der Waals surface area contributed by atoms with E-state index in [0.29, 0.717) is 0 Å². The Kier molecular flexibility index (Phi) is 3.10. The summed E-state index contributed by atoms with van der Waals surface area (Å²) in [6, 6.07) is 10.9. The maximum Gasteiger partial charge on any atom is 0.387 e. The molecule has 0 unspecified atom stereocenters. The van der Waals surface area contributed by atoms with Crippen molar-refractivity contribution >= 4 is 0 Å². The Morgan fingerprint density at radius 1 is 1.00 bits per heavy atom. The fourth-order valence-corrected chi connectivity index (χ4v) is 1.37. The Morgan fingerprint density at radius 3 is 2.44 bits per heavy atom. The van der Waals surface area contributed by atoms with E-state index in [1.807, 2.05) is 30.3 Å². The summed E-state index contributed by atoms with van der Waals surface area (Å²) in [6.07, 6.45) is 2.87. The topological polar surface area (TPSA) is 22.1 Å². The molecular weight excluding hydrogens is 212 g/mol. The Morgan fingerprint density at radius 2 is 1.75 bits per heavy atom. The van der Waals surface area contributed by atoms with Crippen LogP contribution in [-0.4, -0.2) is 11.6 Å². The molecule has 1 aromatic heterocycles. The van der Waals surface area contributed by atoms with Crippen LogP contribution in [0.25, 0.3) is 11.1 Å². The van der Waals surface area contributed by atoms with Gasteiger partial charge in [0.25, 0.3) is 0 Å². The fourth-order valence-electron chi connectivity index (χ4n) is 1.37. The first-order valence-corrected chi connectivity index (χ1v) is 4.71. The summed E-state index contributed by atoms with van der Waals surface area (Å²) in [4.78, 5) is 3.86. The molecule has 0 atom stereocenters. The molecule has 16 heavy (non-hydrogen) atoms. The molecular formula is C12H9F2NO. The molecule has 0 amide bonds. The SMILES string of the molecule is FC(F)Oc1cncc(-c2ccccc2)c1. The van der Waals surface area contributed by atoms with Crippen molar-refractivity contribution in [2.24, 2.45) is 0 Å². The minimum atomic E-state index is -2.83. The highest BCUT2D eigenvalue weighted by molar-refractivity contribution is 5.63. The third-order valence-corrected chi connectivity index (χ3v) is 2.05. The number of hydrogen-bond acceptors (Lipinski definition) is 2. The Labute approximate surface area is 91.5 Å². The van der Waals surface area contributed by atoms with E-state index in [4.69, 9.17) is 0 Å². The van der Waals surface area contributed by atoms with Crippen LogP contribution in [0.3, 0.4) is 0 Å². The van der Waals surface area contributed by atoms with Crippen molar-refractivity contribution in [2.45, 2.75) is 6.61 Å². The van der Waals surface area contributed by atoms with Crippen LogP contribution in [0.1, 0.15) is 0 Å². The quantitative estimate of drug-likeness (QED) is 0.792. The molecule has 0 aliphatic rings. The zero-order chi connectivity index (χ0) is 11.4. The predicted octanol–water partition coefficient (Wildman–Crippen LogP) is 3.35. The largest absolute Gasteiger partial charge is 0.433 e. The van der Waals surface area contributed by atoms with E-state index in [1.165, 1.54) is 12.3 Å². The van der Waals surface area contributed by atoms with Gasteiger partial charge in [0.2, 0.25) is 0 Å². The molecule has 0 saturated heterocycles. The maximum absolute atomic E-state index is 12.0. The van der Waals surface area contributed by atoms with E-state index in [-0.39, 0.29) is 5.75 Å². The summed E-state index contributed by atoms with van der Waals surface area (Å²) in [5.41, 5.74) is 1.66. The van der Waals surface area contributed by atoms with Gasteiger partial charge in [-0.3, -0.25) is 4.98 Å².